The van der Waals surface area contributed by atoms with Crippen LogP contribution in [0, 0.1) is 11.3 Å². The normalized spacial score (nSPS) is 17.6. The van der Waals surface area contributed by atoms with Gasteiger partial charge < -0.3 is 0 Å². The molecule has 1 atom stereocenters. The Labute approximate surface area is 148 Å². The van der Waals surface area contributed by atoms with Crippen LogP contribution in [0.25, 0.3) is 0 Å². The maximum absolute atomic E-state index is 4.42. The summed E-state index contributed by atoms with van der Waals surface area (Å²) in [5.41, 5.74) is 4.30. The molecule has 1 aromatic rings. The highest BCUT2D eigenvalue weighted by Crippen LogP contribution is 2.48. The smallest absolute Gasteiger partial charge is 0.00880 e. The minimum Gasteiger partial charge on any atom is -0.103 e. The largest absolute Gasteiger partial charge is 0.103 e. The van der Waals surface area contributed by atoms with E-state index in [1.165, 1.54) is 16.7 Å². The molecular formula is C24H30. The van der Waals surface area contributed by atoms with Gasteiger partial charge in [-0.15, -0.1) is 6.58 Å². The van der Waals surface area contributed by atoms with E-state index in [4.69, 9.17) is 0 Å². The average molecular weight is 319 g/mol. The van der Waals surface area contributed by atoms with Gasteiger partial charge in [0.05, 0.1) is 0 Å². The van der Waals surface area contributed by atoms with E-state index in [0.29, 0.717) is 5.92 Å². The third-order valence-electron chi connectivity index (χ3n) is 5.19. The van der Waals surface area contributed by atoms with Gasteiger partial charge in [-0.05, 0) is 55.2 Å². The van der Waals surface area contributed by atoms with Crippen molar-refractivity contribution in [2.24, 2.45) is 11.3 Å². The standard InChI is InChI=1S/C24H30/c1-5-7-8-9-10-11-15-21(4)24(20(3)14-6-2)18-22-16-12-13-17-23(22)19-24/h5-6,9-17,21H,1,3,7-8,18-19H2,2,4H3/b10-9-,14-6-,15-11-. The quantitative estimate of drug-likeness (QED) is 0.287. The van der Waals surface area contributed by atoms with E-state index >= 15 is 0 Å². The maximum Gasteiger partial charge on any atom is 0.00880 e. The molecule has 0 aliphatic heterocycles. The Bertz CT molecular complexity index is 629. The van der Waals surface area contributed by atoms with Gasteiger partial charge in [-0.3, -0.25) is 0 Å². The van der Waals surface area contributed by atoms with Gasteiger partial charge in [0.25, 0.3) is 0 Å². The molecule has 0 spiro atoms. The Morgan fingerprint density at radius 2 is 1.83 bits per heavy atom. The molecule has 1 aliphatic carbocycles. The zero-order valence-electron chi connectivity index (χ0n) is 15.2. The molecule has 0 aromatic heterocycles. The number of rotatable bonds is 8. The van der Waals surface area contributed by atoms with Gasteiger partial charge in [-0.25, -0.2) is 0 Å². The second-order valence-corrected chi connectivity index (χ2v) is 6.77. The highest BCUT2D eigenvalue weighted by molar-refractivity contribution is 5.42. The minimum atomic E-state index is 0.0989. The van der Waals surface area contributed by atoms with Crippen molar-refractivity contribution in [1.82, 2.24) is 0 Å². The Morgan fingerprint density at radius 3 is 2.42 bits per heavy atom. The van der Waals surface area contributed by atoms with E-state index in [1.54, 1.807) is 0 Å². The molecule has 0 heterocycles. The first-order valence-corrected chi connectivity index (χ1v) is 8.97. The molecule has 0 saturated carbocycles. The average Bonchev–Trinajstić information content (AvgIpc) is 2.99. The first kappa shape index (κ1) is 18.3. The van der Waals surface area contributed by atoms with Crippen molar-refractivity contribution in [3.05, 3.63) is 96.7 Å². The molecule has 0 radical (unpaired) electrons. The van der Waals surface area contributed by atoms with E-state index in [9.17, 15) is 0 Å². The molecule has 0 N–H and O–H groups in total. The second-order valence-electron chi connectivity index (χ2n) is 6.77. The molecule has 2 rings (SSSR count). The molecule has 126 valence electrons. The van der Waals surface area contributed by atoms with Crippen LogP contribution in [0.4, 0.5) is 0 Å². The van der Waals surface area contributed by atoms with Gasteiger partial charge in [0.15, 0.2) is 0 Å². The molecule has 1 aliphatic rings. The summed E-state index contributed by atoms with van der Waals surface area (Å²) in [6, 6.07) is 8.84. The second kappa shape index (κ2) is 8.68. The van der Waals surface area contributed by atoms with Crippen LogP contribution < -0.4 is 0 Å². The summed E-state index contributed by atoms with van der Waals surface area (Å²) >= 11 is 0. The molecule has 0 amide bonds. The molecule has 0 fully saturated rings. The lowest BCUT2D eigenvalue weighted by atomic mass is 9.68. The van der Waals surface area contributed by atoms with Crippen molar-refractivity contribution in [2.75, 3.05) is 0 Å². The lowest BCUT2D eigenvalue weighted by Crippen LogP contribution is -2.30. The molecule has 0 saturated heterocycles. The van der Waals surface area contributed by atoms with Crippen LogP contribution in [-0.2, 0) is 12.8 Å². The molecule has 24 heavy (non-hydrogen) atoms. The SMILES string of the molecule is C=CCC/C=C\C=C/C(C)C1(C(=C)/C=C\C)Cc2ccccc2C1. The number of allylic oxidation sites excluding steroid dienone is 8. The Hall–Kier alpha value is -2.08. The predicted octanol–water partition coefficient (Wildman–Crippen LogP) is 6.62. The topological polar surface area (TPSA) is 0 Å². The lowest BCUT2D eigenvalue weighted by Gasteiger charge is -2.35. The maximum atomic E-state index is 4.42. The summed E-state index contributed by atoms with van der Waals surface area (Å²) in [6.45, 7) is 12.6. The first-order valence-electron chi connectivity index (χ1n) is 8.97. The van der Waals surface area contributed by atoms with Crippen molar-refractivity contribution >= 4 is 0 Å². The van der Waals surface area contributed by atoms with Crippen molar-refractivity contribution in [1.29, 1.82) is 0 Å². The monoisotopic (exact) mass is 318 g/mol. The van der Waals surface area contributed by atoms with Gasteiger partial charge in [-0.1, -0.05) is 80.3 Å². The van der Waals surface area contributed by atoms with Crippen LogP contribution in [-0.4, -0.2) is 0 Å². The number of fused-ring (bicyclic) bond motifs is 1. The lowest BCUT2D eigenvalue weighted by molar-refractivity contribution is 0.296. The van der Waals surface area contributed by atoms with E-state index in [1.807, 2.05) is 6.08 Å². The Kier molecular flexibility index (Phi) is 6.61. The van der Waals surface area contributed by atoms with Crippen molar-refractivity contribution in [3.8, 4) is 0 Å². The fourth-order valence-corrected chi connectivity index (χ4v) is 3.66. The minimum absolute atomic E-state index is 0.0989. The summed E-state index contributed by atoms with van der Waals surface area (Å²) in [5, 5.41) is 0. The molecule has 0 nitrogen and oxygen atoms in total. The van der Waals surface area contributed by atoms with Crippen LogP contribution >= 0.6 is 0 Å². The van der Waals surface area contributed by atoms with Crippen LogP contribution in [0.15, 0.2) is 85.5 Å². The van der Waals surface area contributed by atoms with Crippen LogP contribution in [0.2, 0.25) is 0 Å². The number of hydrogen-bond donors (Lipinski definition) is 0. The van der Waals surface area contributed by atoms with Gasteiger partial charge in [0.1, 0.15) is 0 Å². The van der Waals surface area contributed by atoms with Crippen LogP contribution in [0.1, 0.15) is 37.8 Å². The number of benzene rings is 1. The van der Waals surface area contributed by atoms with E-state index < -0.39 is 0 Å². The zero-order valence-corrected chi connectivity index (χ0v) is 15.2. The fraction of sp³-hybridized carbons (Fsp3) is 0.333. The summed E-state index contributed by atoms with van der Waals surface area (Å²) in [4.78, 5) is 0. The van der Waals surface area contributed by atoms with Gasteiger partial charge in [-0.2, -0.15) is 0 Å². The van der Waals surface area contributed by atoms with Crippen LogP contribution in [0.3, 0.4) is 0 Å². The van der Waals surface area contributed by atoms with E-state index in [0.717, 1.165) is 25.7 Å². The van der Waals surface area contributed by atoms with Crippen LogP contribution in [0.5, 0.6) is 0 Å². The van der Waals surface area contributed by atoms with Gasteiger partial charge >= 0.3 is 0 Å². The zero-order chi connectivity index (χ0) is 17.4. The van der Waals surface area contributed by atoms with Gasteiger partial charge in [0.2, 0.25) is 0 Å². The number of hydrogen-bond acceptors (Lipinski definition) is 0. The first-order chi connectivity index (χ1) is 11.6. The molecule has 0 heteroatoms. The summed E-state index contributed by atoms with van der Waals surface area (Å²) < 4.78 is 0. The Morgan fingerprint density at radius 1 is 1.17 bits per heavy atom. The van der Waals surface area contributed by atoms with E-state index in [2.05, 4.69) is 87.7 Å². The van der Waals surface area contributed by atoms with Crippen molar-refractivity contribution in [3.63, 3.8) is 0 Å². The third-order valence-corrected chi connectivity index (χ3v) is 5.19. The summed E-state index contributed by atoms with van der Waals surface area (Å²) in [5.74, 6) is 0.442. The highest BCUT2D eigenvalue weighted by atomic mass is 14.4. The fourth-order valence-electron chi connectivity index (χ4n) is 3.66. The van der Waals surface area contributed by atoms with Crippen molar-refractivity contribution < 1.29 is 0 Å². The molecule has 1 unspecified atom stereocenters. The summed E-state index contributed by atoms with van der Waals surface area (Å²) in [7, 11) is 0. The predicted molar refractivity (Wildman–Crippen MR) is 107 cm³/mol. The van der Waals surface area contributed by atoms with E-state index in [-0.39, 0.29) is 5.41 Å². The number of unbranched alkanes of at least 4 members (excludes halogenated alkanes) is 1. The Balaban J connectivity index is 2.19. The third kappa shape index (κ3) is 4.06. The molecular weight excluding hydrogens is 288 g/mol. The van der Waals surface area contributed by atoms with Gasteiger partial charge in [0, 0.05) is 5.41 Å². The van der Waals surface area contributed by atoms with Crippen molar-refractivity contribution in [2.45, 2.75) is 39.5 Å². The summed E-state index contributed by atoms with van der Waals surface area (Å²) in [6.07, 6.45) is 19.4. The molecule has 1 aromatic carbocycles. The molecule has 0 bridgehead atoms. The highest BCUT2D eigenvalue weighted by Gasteiger charge is 2.41.